The Morgan fingerprint density at radius 2 is 1.61 bits per heavy atom. The van der Waals surface area contributed by atoms with Crippen molar-refractivity contribution in [1.29, 1.82) is 0 Å². The minimum absolute atomic E-state index is 0.247. The molecular formula is C24H17FN2O. The summed E-state index contributed by atoms with van der Waals surface area (Å²) in [5.41, 5.74) is 7.11. The molecule has 3 aromatic heterocycles. The van der Waals surface area contributed by atoms with E-state index < -0.39 is 0 Å². The van der Waals surface area contributed by atoms with E-state index in [0.29, 0.717) is 5.71 Å². The lowest BCUT2D eigenvalue weighted by Gasteiger charge is -2.08. The predicted molar refractivity (Wildman–Crippen MR) is 110 cm³/mol. The van der Waals surface area contributed by atoms with Gasteiger partial charge in [-0.15, -0.1) is 0 Å². The largest absolute Gasteiger partial charge is 0.437 e. The zero-order valence-corrected chi connectivity index (χ0v) is 15.5. The van der Waals surface area contributed by atoms with E-state index >= 15 is 0 Å². The number of aromatic nitrogens is 2. The molecule has 0 aliphatic heterocycles. The number of nitrogens with zero attached hydrogens (tertiary/aromatic N) is 2. The van der Waals surface area contributed by atoms with Gasteiger partial charge in [-0.05, 0) is 66.9 Å². The highest BCUT2D eigenvalue weighted by atomic mass is 19.1. The Labute approximate surface area is 161 Å². The van der Waals surface area contributed by atoms with Crippen LogP contribution < -0.4 is 0 Å². The van der Waals surface area contributed by atoms with Crippen molar-refractivity contribution in [2.75, 3.05) is 0 Å². The highest BCUT2D eigenvalue weighted by molar-refractivity contribution is 6.09. The standard InChI is InChI=1S/C24H17FN2O/c1-14-3-9-19-20-10-4-15(2)27-24(20)28-23(19)22(14)21-13-17(11-12-26-21)16-5-7-18(25)8-6-16/h3-13H,1-2H3. The molecule has 5 rings (SSSR count). The van der Waals surface area contributed by atoms with Crippen LogP contribution in [-0.2, 0) is 0 Å². The van der Waals surface area contributed by atoms with Crippen molar-refractivity contribution in [2.24, 2.45) is 0 Å². The lowest BCUT2D eigenvalue weighted by molar-refractivity contribution is 0.628. The minimum atomic E-state index is -0.247. The second kappa shape index (κ2) is 6.27. The molecule has 0 N–H and O–H groups in total. The third-order valence-electron chi connectivity index (χ3n) is 5.05. The predicted octanol–water partition coefficient (Wildman–Crippen LogP) is 6.47. The molecule has 3 heterocycles. The average molecular weight is 368 g/mol. The van der Waals surface area contributed by atoms with E-state index in [-0.39, 0.29) is 5.82 Å². The fourth-order valence-electron chi connectivity index (χ4n) is 3.62. The fourth-order valence-corrected chi connectivity index (χ4v) is 3.62. The van der Waals surface area contributed by atoms with Crippen LogP contribution in [0.4, 0.5) is 4.39 Å². The molecule has 0 fully saturated rings. The summed E-state index contributed by atoms with van der Waals surface area (Å²) in [6.07, 6.45) is 1.78. The van der Waals surface area contributed by atoms with Crippen LogP contribution in [0.2, 0.25) is 0 Å². The van der Waals surface area contributed by atoms with Crippen molar-refractivity contribution >= 4 is 22.1 Å². The van der Waals surface area contributed by atoms with Crippen molar-refractivity contribution in [3.05, 3.63) is 83.9 Å². The van der Waals surface area contributed by atoms with E-state index in [1.165, 1.54) is 12.1 Å². The van der Waals surface area contributed by atoms with E-state index in [0.717, 1.165) is 50.0 Å². The van der Waals surface area contributed by atoms with Crippen LogP contribution in [0.5, 0.6) is 0 Å². The summed E-state index contributed by atoms with van der Waals surface area (Å²) in [6.45, 7) is 4.00. The molecule has 0 aliphatic rings. The van der Waals surface area contributed by atoms with Crippen LogP contribution in [0.25, 0.3) is 44.5 Å². The van der Waals surface area contributed by atoms with E-state index in [9.17, 15) is 4.39 Å². The maximum atomic E-state index is 13.3. The number of rotatable bonds is 2. The number of furan rings is 1. The third-order valence-corrected chi connectivity index (χ3v) is 5.05. The molecule has 4 heteroatoms. The second-order valence-electron chi connectivity index (χ2n) is 6.98. The van der Waals surface area contributed by atoms with Crippen LogP contribution >= 0.6 is 0 Å². The summed E-state index contributed by atoms with van der Waals surface area (Å²) in [6, 6.07) is 18.6. The van der Waals surface area contributed by atoms with Gasteiger partial charge in [0.25, 0.3) is 0 Å². The Morgan fingerprint density at radius 3 is 2.43 bits per heavy atom. The van der Waals surface area contributed by atoms with E-state index in [1.807, 2.05) is 38.1 Å². The van der Waals surface area contributed by atoms with Crippen molar-refractivity contribution in [3.63, 3.8) is 0 Å². The molecule has 0 unspecified atom stereocenters. The topological polar surface area (TPSA) is 38.9 Å². The molecule has 136 valence electrons. The minimum Gasteiger partial charge on any atom is -0.437 e. The van der Waals surface area contributed by atoms with Crippen molar-refractivity contribution in [2.45, 2.75) is 13.8 Å². The summed E-state index contributed by atoms with van der Waals surface area (Å²) < 4.78 is 19.4. The fraction of sp³-hybridized carbons (Fsp3) is 0.0833. The smallest absolute Gasteiger partial charge is 0.227 e. The van der Waals surface area contributed by atoms with Crippen LogP contribution in [0.1, 0.15) is 11.3 Å². The third kappa shape index (κ3) is 2.65. The second-order valence-corrected chi connectivity index (χ2v) is 6.98. The van der Waals surface area contributed by atoms with Crippen LogP contribution in [0.3, 0.4) is 0 Å². The van der Waals surface area contributed by atoms with Gasteiger partial charge < -0.3 is 4.42 Å². The van der Waals surface area contributed by atoms with Gasteiger partial charge in [0.1, 0.15) is 11.4 Å². The molecular weight excluding hydrogens is 351 g/mol. The Bertz CT molecular complexity index is 1340. The maximum absolute atomic E-state index is 13.3. The first-order valence-electron chi connectivity index (χ1n) is 9.12. The average Bonchev–Trinajstić information content (AvgIpc) is 3.05. The van der Waals surface area contributed by atoms with E-state index in [4.69, 9.17) is 4.42 Å². The van der Waals surface area contributed by atoms with Gasteiger partial charge in [-0.3, -0.25) is 4.98 Å². The number of halogens is 1. The lowest BCUT2D eigenvalue weighted by Crippen LogP contribution is -1.89. The first kappa shape index (κ1) is 16.6. The summed E-state index contributed by atoms with van der Waals surface area (Å²) in [4.78, 5) is 9.13. The van der Waals surface area contributed by atoms with Gasteiger partial charge in [-0.1, -0.05) is 24.3 Å². The zero-order chi connectivity index (χ0) is 19.3. The van der Waals surface area contributed by atoms with Crippen molar-refractivity contribution in [1.82, 2.24) is 9.97 Å². The molecule has 0 saturated carbocycles. The van der Waals surface area contributed by atoms with Gasteiger partial charge in [0.05, 0.1) is 5.69 Å². The highest BCUT2D eigenvalue weighted by Gasteiger charge is 2.16. The highest BCUT2D eigenvalue weighted by Crippen LogP contribution is 2.37. The molecule has 0 amide bonds. The SMILES string of the molecule is Cc1ccc2c(n1)oc1c(-c3cc(-c4ccc(F)cc4)ccn3)c(C)ccc12. The molecule has 0 radical (unpaired) electrons. The molecule has 0 aliphatic carbocycles. The van der Waals surface area contributed by atoms with Crippen molar-refractivity contribution in [3.8, 4) is 22.4 Å². The quantitative estimate of drug-likeness (QED) is 0.359. The van der Waals surface area contributed by atoms with Gasteiger partial charge in [0, 0.05) is 28.2 Å². The first-order valence-corrected chi connectivity index (χ1v) is 9.12. The Balaban J connectivity index is 1.75. The molecule has 0 saturated heterocycles. The molecule has 3 nitrogen and oxygen atoms in total. The van der Waals surface area contributed by atoms with E-state index in [1.54, 1.807) is 18.3 Å². The van der Waals surface area contributed by atoms with Crippen molar-refractivity contribution < 1.29 is 8.81 Å². The van der Waals surface area contributed by atoms with Gasteiger partial charge in [0.15, 0.2) is 0 Å². The van der Waals surface area contributed by atoms with Gasteiger partial charge >= 0.3 is 0 Å². The van der Waals surface area contributed by atoms with E-state index in [2.05, 4.69) is 22.1 Å². The Kier molecular flexibility index (Phi) is 3.72. The van der Waals surface area contributed by atoms with Gasteiger partial charge in [-0.25, -0.2) is 9.37 Å². The normalized spacial score (nSPS) is 11.4. The molecule has 28 heavy (non-hydrogen) atoms. The molecule has 0 atom stereocenters. The Morgan fingerprint density at radius 1 is 0.821 bits per heavy atom. The number of fused-ring (bicyclic) bond motifs is 3. The lowest BCUT2D eigenvalue weighted by atomic mass is 9.98. The maximum Gasteiger partial charge on any atom is 0.227 e. The van der Waals surface area contributed by atoms with Gasteiger partial charge in [0.2, 0.25) is 5.71 Å². The summed E-state index contributed by atoms with van der Waals surface area (Å²) in [7, 11) is 0. The number of benzene rings is 2. The molecule has 2 aromatic carbocycles. The van der Waals surface area contributed by atoms with Crippen LogP contribution in [0, 0.1) is 19.7 Å². The zero-order valence-electron chi connectivity index (χ0n) is 15.5. The summed E-state index contributed by atoms with van der Waals surface area (Å²) in [5.74, 6) is -0.247. The number of hydrogen-bond acceptors (Lipinski definition) is 3. The number of aryl methyl sites for hydroxylation is 2. The summed E-state index contributed by atoms with van der Waals surface area (Å²) in [5, 5.41) is 2.02. The first-order chi connectivity index (χ1) is 13.6. The van der Waals surface area contributed by atoms with Crippen LogP contribution in [-0.4, -0.2) is 9.97 Å². The molecule has 0 bridgehead atoms. The number of pyridine rings is 2. The summed E-state index contributed by atoms with van der Waals surface area (Å²) >= 11 is 0. The monoisotopic (exact) mass is 368 g/mol. The van der Waals surface area contributed by atoms with Gasteiger partial charge in [-0.2, -0.15) is 0 Å². The molecule has 5 aromatic rings. The Hall–Kier alpha value is -3.53. The molecule has 0 spiro atoms. The van der Waals surface area contributed by atoms with Crippen LogP contribution in [0.15, 0.2) is 71.3 Å². The number of hydrogen-bond donors (Lipinski definition) is 0.